The van der Waals surface area contributed by atoms with Crippen LogP contribution in [-0.4, -0.2) is 80.1 Å². The van der Waals surface area contributed by atoms with Gasteiger partial charge in [0.1, 0.15) is 17.1 Å². The van der Waals surface area contributed by atoms with Crippen molar-refractivity contribution in [3.05, 3.63) is 82.8 Å². The monoisotopic (exact) mass is 728 g/mol. The SMILES string of the molecule is COc1ccc2nc3cc(Cl)ccc3c(NCCN(CCNC(=O)OC(C)(C)C)CCNc3c4ccc(Cl)cc4nc4ccc(OC)cc34)c2c1. The van der Waals surface area contributed by atoms with Crippen molar-refractivity contribution in [2.45, 2.75) is 26.4 Å². The van der Waals surface area contributed by atoms with Gasteiger partial charge in [-0.25, -0.2) is 14.8 Å². The quantitative estimate of drug-likeness (QED) is 0.101. The fourth-order valence-electron chi connectivity index (χ4n) is 6.07. The number of hydrogen-bond donors (Lipinski definition) is 3. The van der Waals surface area contributed by atoms with Crippen molar-refractivity contribution in [1.29, 1.82) is 0 Å². The van der Waals surface area contributed by atoms with Crippen LogP contribution in [0.2, 0.25) is 10.0 Å². The molecule has 1 amide bonds. The van der Waals surface area contributed by atoms with Crippen LogP contribution in [0.25, 0.3) is 43.6 Å². The summed E-state index contributed by atoms with van der Waals surface area (Å²) in [4.78, 5) is 24.5. The lowest BCUT2D eigenvalue weighted by atomic mass is 10.1. The molecule has 10 nitrogen and oxygen atoms in total. The molecule has 0 radical (unpaired) electrons. The molecule has 0 atom stereocenters. The Hall–Kier alpha value is -4.77. The van der Waals surface area contributed by atoms with Gasteiger partial charge in [-0.15, -0.1) is 0 Å². The van der Waals surface area contributed by atoms with E-state index in [1.807, 2.05) is 93.6 Å². The first-order chi connectivity index (χ1) is 24.5. The first-order valence-electron chi connectivity index (χ1n) is 16.8. The zero-order chi connectivity index (χ0) is 36.1. The Kier molecular flexibility index (Phi) is 11.0. The molecule has 0 unspecified atom stereocenters. The van der Waals surface area contributed by atoms with Crippen LogP contribution in [0.4, 0.5) is 16.2 Å². The topological polar surface area (TPSA) is 110 Å². The van der Waals surface area contributed by atoms with E-state index in [0.717, 1.165) is 66.5 Å². The van der Waals surface area contributed by atoms with Gasteiger partial charge in [-0.3, -0.25) is 4.90 Å². The molecule has 12 heteroatoms. The van der Waals surface area contributed by atoms with E-state index in [9.17, 15) is 4.79 Å². The Morgan fingerprint density at radius 2 is 1.12 bits per heavy atom. The predicted octanol–water partition coefficient (Wildman–Crippen LogP) is 8.76. The zero-order valence-electron chi connectivity index (χ0n) is 29.4. The molecule has 0 saturated carbocycles. The molecule has 0 spiro atoms. The van der Waals surface area contributed by atoms with Crippen molar-refractivity contribution in [3.8, 4) is 11.5 Å². The van der Waals surface area contributed by atoms with Gasteiger partial charge in [-0.05, 0) is 93.6 Å². The summed E-state index contributed by atoms with van der Waals surface area (Å²) in [5.74, 6) is 1.50. The Labute approximate surface area is 307 Å². The smallest absolute Gasteiger partial charge is 0.407 e. The number of anilines is 2. The largest absolute Gasteiger partial charge is 0.497 e. The highest BCUT2D eigenvalue weighted by Gasteiger charge is 2.17. The Morgan fingerprint density at radius 3 is 1.57 bits per heavy atom. The second kappa shape index (κ2) is 15.6. The fourth-order valence-corrected chi connectivity index (χ4v) is 6.40. The summed E-state index contributed by atoms with van der Waals surface area (Å²) in [5, 5.41) is 15.4. The van der Waals surface area contributed by atoms with Gasteiger partial charge in [0.2, 0.25) is 0 Å². The molecule has 266 valence electrons. The molecule has 0 aliphatic carbocycles. The molecule has 2 heterocycles. The normalized spacial score (nSPS) is 11.8. The van der Waals surface area contributed by atoms with E-state index < -0.39 is 11.7 Å². The zero-order valence-corrected chi connectivity index (χ0v) is 30.9. The van der Waals surface area contributed by atoms with Crippen LogP contribution in [0.15, 0.2) is 72.8 Å². The molecular weight excluding hydrogens is 687 g/mol. The van der Waals surface area contributed by atoms with Crippen molar-refractivity contribution < 1.29 is 19.0 Å². The van der Waals surface area contributed by atoms with Crippen LogP contribution >= 0.6 is 23.2 Å². The van der Waals surface area contributed by atoms with E-state index in [1.165, 1.54) is 0 Å². The Morgan fingerprint density at radius 1 is 0.647 bits per heavy atom. The molecule has 0 aliphatic rings. The number of carbonyl (C=O) groups excluding carboxylic acids is 1. The van der Waals surface area contributed by atoms with Gasteiger partial charge in [0.15, 0.2) is 0 Å². The minimum atomic E-state index is -0.580. The van der Waals surface area contributed by atoms with Crippen molar-refractivity contribution in [2.75, 3.05) is 64.1 Å². The fraction of sp³-hybridized carbons (Fsp3) is 0.308. The molecule has 4 aromatic carbocycles. The molecule has 0 saturated heterocycles. The Bertz CT molecular complexity index is 2070. The van der Waals surface area contributed by atoms with Gasteiger partial charge in [-0.1, -0.05) is 23.2 Å². The van der Waals surface area contributed by atoms with Crippen LogP contribution in [0.3, 0.4) is 0 Å². The molecule has 0 aliphatic heterocycles. The van der Waals surface area contributed by atoms with E-state index in [2.05, 4.69) is 20.9 Å². The highest BCUT2D eigenvalue weighted by molar-refractivity contribution is 6.32. The molecule has 2 aromatic heterocycles. The number of methoxy groups -OCH3 is 2. The van der Waals surface area contributed by atoms with Crippen LogP contribution in [0.5, 0.6) is 11.5 Å². The highest BCUT2D eigenvalue weighted by Crippen LogP contribution is 2.35. The van der Waals surface area contributed by atoms with Crippen LogP contribution < -0.4 is 25.4 Å². The van der Waals surface area contributed by atoms with Crippen LogP contribution in [-0.2, 0) is 4.74 Å². The van der Waals surface area contributed by atoms with Gasteiger partial charge >= 0.3 is 6.09 Å². The maximum atomic E-state index is 12.5. The third kappa shape index (κ3) is 8.76. The molecular formula is C39H42Cl2N6O4. The van der Waals surface area contributed by atoms with Gasteiger partial charge < -0.3 is 30.2 Å². The van der Waals surface area contributed by atoms with Crippen molar-refractivity contribution in [3.63, 3.8) is 0 Å². The summed E-state index contributed by atoms with van der Waals surface area (Å²) in [5.41, 5.74) is 4.62. The van der Waals surface area contributed by atoms with E-state index in [0.29, 0.717) is 49.3 Å². The second-order valence-electron chi connectivity index (χ2n) is 13.2. The number of rotatable bonds is 13. The minimum absolute atomic E-state index is 0.419. The predicted molar refractivity (Wildman–Crippen MR) is 209 cm³/mol. The number of ether oxygens (including phenoxy) is 3. The second-order valence-corrected chi connectivity index (χ2v) is 14.1. The third-order valence-electron chi connectivity index (χ3n) is 8.44. The van der Waals surface area contributed by atoms with Crippen LogP contribution in [0, 0.1) is 0 Å². The lowest BCUT2D eigenvalue weighted by molar-refractivity contribution is 0.0522. The molecule has 0 bridgehead atoms. The number of pyridine rings is 2. The number of fused-ring (bicyclic) bond motifs is 4. The first-order valence-corrected chi connectivity index (χ1v) is 17.6. The number of carbonyl (C=O) groups is 1. The molecule has 6 aromatic rings. The molecule has 3 N–H and O–H groups in total. The number of alkyl carbamates (subject to hydrolysis) is 1. The summed E-state index contributed by atoms with van der Waals surface area (Å²) >= 11 is 12.7. The molecule has 0 fully saturated rings. The van der Waals surface area contributed by atoms with Gasteiger partial charge in [0, 0.05) is 70.9 Å². The van der Waals surface area contributed by atoms with E-state index in [1.54, 1.807) is 14.2 Å². The summed E-state index contributed by atoms with van der Waals surface area (Å²) in [7, 11) is 3.31. The first kappa shape index (κ1) is 36.0. The molecule has 6 rings (SSSR count). The molecule has 51 heavy (non-hydrogen) atoms. The van der Waals surface area contributed by atoms with Gasteiger partial charge in [0.05, 0.1) is 47.7 Å². The van der Waals surface area contributed by atoms with Gasteiger partial charge in [0.25, 0.3) is 0 Å². The highest BCUT2D eigenvalue weighted by atomic mass is 35.5. The maximum absolute atomic E-state index is 12.5. The number of amides is 1. The number of nitrogens with zero attached hydrogens (tertiary/aromatic N) is 3. The summed E-state index contributed by atoms with van der Waals surface area (Å²) in [6.07, 6.45) is -0.441. The van der Waals surface area contributed by atoms with Crippen molar-refractivity contribution >= 4 is 84.3 Å². The van der Waals surface area contributed by atoms with E-state index in [4.69, 9.17) is 47.4 Å². The lowest BCUT2D eigenvalue weighted by Gasteiger charge is -2.25. The number of benzene rings is 4. The summed E-state index contributed by atoms with van der Waals surface area (Å²) < 4.78 is 16.6. The van der Waals surface area contributed by atoms with Crippen LogP contribution in [0.1, 0.15) is 20.8 Å². The third-order valence-corrected chi connectivity index (χ3v) is 8.91. The maximum Gasteiger partial charge on any atom is 0.407 e. The van der Waals surface area contributed by atoms with E-state index in [-0.39, 0.29) is 0 Å². The number of hydrogen-bond acceptors (Lipinski definition) is 9. The number of aromatic nitrogens is 2. The van der Waals surface area contributed by atoms with Crippen molar-refractivity contribution in [1.82, 2.24) is 20.2 Å². The van der Waals surface area contributed by atoms with Crippen molar-refractivity contribution in [2.24, 2.45) is 0 Å². The summed E-state index contributed by atoms with van der Waals surface area (Å²) in [6, 6.07) is 23.2. The lowest BCUT2D eigenvalue weighted by Crippen LogP contribution is -2.41. The number of halogens is 2. The minimum Gasteiger partial charge on any atom is -0.497 e. The number of nitrogens with one attached hydrogen (secondary N) is 3. The average Bonchev–Trinajstić information content (AvgIpc) is 3.09. The average molecular weight is 730 g/mol. The van der Waals surface area contributed by atoms with E-state index >= 15 is 0 Å². The summed E-state index contributed by atoms with van der Waals surface area (Å²) in [6.45, 7) is 9.18. The van der Waals surface area contributed by atoms with Gasteiger partial charge in [-0.2, -0.15) is 0 Å². The Balaban J connectivity index is 1.23. The standard InChI is InChI=1S/C39H42Cl2N6O4/c1-39(2,3)51-38(48)44-16-19-47(17-14-42-36-28-10-6-24(40)20-34(28)45-32-12-8-26(49-4)22-30(32)36)18-15-43-37-29-11-7-25(41)21-35(29)46-33-13-9-27(50-5)23-31(33)37/h6-13,20-23H,14-19H2,1-5H3,(H,42,45)(H,43,46)(H,44,48).